The summed E-state index contributed by atoms with van der Waals surface area (Å²) in [4.78, 5) is 27.5. The summed E-state index contributed by atoms with van der Waals surface area (Å²) in [5.74, 6) is -1.11. The summed E-state index contributed by atoms with van der Waals surface area (Å²) in [6.07, 6.45) is 3.48. The van der Waals surface area contributed by atoms with E-state index >= 15 is 0 Å². The lowest BCUT2D eigenvalue weighted by Gasteiger charge is -2.29. The smallest absolute Gasteiger partial charge is 0.270 e. The molecule has 0 unspecified atom stereocenters. The van der Waals surface area contributed by atoms with Gasteiger partial charge in [-0.15, -0.1) is 0 Å². The minimum Gasteiger partial charge on any atom is -0.342 e. The van der Waals surface area contributed by atoms with Crippen molar-refractivity contribution in [2.24, 2.45) is 0 Å². The molecule has 0 atom stereocenters. The van der Waals surface area contributed by atoms with Crippen molar-refractivity contribution >= 4 is 86.6 Å². The second kappa shape index (κ2) is 9.47. The lowest BCUT2D eigenvalue weighted by atomic mass is 10.1. The summed E-state index contributed by atoms with van der Waals surface area (Å²) >= 11 is 23.8. The largest absolute Gasteiger partial charge is 0.342 e. The number of rotatable bonds is 4. The van der Waals surface area contributed by atoms with Gasteiger partial charge < -0.3 is 4.57 Å². The van der Waals surface area contributed by atoms with Crippen LogP contribution in [0.1, 0.15) is 11.1 Å². The molecular weight excluding hydrogens is 525 g/mol. The van der Waals surface area contributed by atoms with Gasteiger partial charge in [0, 0.05) is 29.2 Å². The Hall–Kier alpha value is -3.16. The Balaban J connectivity index is 1.57. The Bertz CT molecular complexity index is 1560. The van der Waals surface area contributed by atoms with E-state index in [1.165, 1.54) is 4.90 Å². The van der Waals surface area contributed by atoms with Gasteiger partial charge in [0.05, 0.1) is 20.8 Å². The number of anilines is 1. The summed E-state index contributed by atoms with van der Waals surface area (Å²) in [7, 11) is 0. The molecule has 1 aliphatic rings. The van der Waals surface area contributed by atoms with Crippen LogP contribution in [0.3, 0.4) is 0 Å². The average Bonchev–Trinajstić information content (AvgIpc) is 3.17. The van der Waals surface area contributed by atoms with Gasteiger partial charge in [-0.3, -0.25) is 19.8 Å². The molecule has 0 radical (unpaired) electrons. The van der Waals surface area contributed by atoms with Crippen molar-refractivity contribution in [2.75, 3.05) is 4.90 Å². The standard InChI is InChI=1S/C26H16Cl3N3O2S/c27-19-10-9-15(11-21(19)29)13-31-14-16(17-5-1-3-7-22(17)31)12-18-24(33)30-26(35)32(25(18)34)23-8-4-2-6-20(23)28/h1-12,14H,13H2,(H,30,33,35)/b18-12+. The van der Waals surface area contributed by atoms with Crippen LogP contribution in [0.5, 0.6) is 0 Å². The molecule has 4 aromatic rings. The third kappa shape index (κ3) is 4.46. The van der Waals surface area contributed by atoms with Crippen LogP contribution in [0.15, 0.2) is 78.5 Å². The zero-order valence-electron chi connectivity index (χ0n) is 18.0. The number of carbonyl (C=O) groups is 2. The average molecular weight is 541 g/mol. The van der Waals surface area contributed by atoms with Crippen LogP contribution in [0.25, 0.3) is 17.0 Å². The van der Waals surface area contributed by atoms with Crippen LogP contribution in [-0.2, 0) is 16.1 Å². The number of fused-ring (bicyclic) bond motifs is 1. The Morgan fingerprint density at radius 3 is 2.40 bits per heavy atom. The van der Waals surface area contributed by atoms with Gasteiger partial charge in [-0.05, 0) is 54.2 Å². The normalized spacial score (nSPS) is 15.2. The molecule has 1 N–H and O–H groups in total. The summed E-state index contributed by atoms with van der Waals surface area (Å²) in [5.41, 5.74) is 2.97. The molecule has 3 aromatic carbocycles. The minimum atomic E-state index is -0.565. The molecule has 1 aromatic heterocycles. The van der Waals surface area contributed by atoms with Gasteiger partial charge in [0.25, 0.3) is 11.8 Å². The van der Waals surface area contributed by atoms with Crippen molar-refractivity contribution in [2.45, 2.75) is 6.54 Å². The van der Waals surface area contributed by atoms with Crippen molar-refractivity contribution in [3.8, 4) is 0 Å². The molecular formula is C26H16Cl3N3O2S. The van der Waals surface area contributed by atoms with E-state index in [0.29, 0.717) is 32.9 Å². The van der Waals surface area contributed by atoms with E-state index in [1.807, 2.05) is 47.2 Å². The third-order valence-corrected chi connectivity index (χ3v) is 6.99. The molecule has 2 heterocycles. The fourth-order valence-electron chi connectivity index (χ4n) is 4.02. The highest BCUT2D eigenvalue weighted by Gasteiger charge is 2.35. The highest BCUT2D eigenvalue weighted by atomic mass is 35.5. The van der Waals surface area contributed by atoms with Gasteiger partial charge in [0.2, 0.25) is 0 Å². The fourth-order valence-corrected chi connectivity index (χ4v) is 4.84. The first-order chi connectivity index (χ1) is 16.8. The number of halogens is 3. The maximum Gasteiger partial charge on any atom is 0.270 e. The van der Waals surface area contributed by atoms with Crippen LogP contribution in [0, 0.1) is 0 Å². The number of benzene rings is 3. The van der Waals surface area contributed by atoms with Crippen molar-refractivity contribution in [3.63, 3.8) is 0 Å². The van der Waals surface area contributed by atoms with E-state index in [2.05, 4.69) is 5.32 Å². The molecule has 0 saturated carbocycles. The predicted molar refractivity (Wildman–Crippen MR) is 145 cm³/mol. The van der Waals surface area contributed by atoms with Crippen LogP contribution >= 0.6 is 47.0 Å². The van der Waals surface area contributed by atoms with Gasteiger partial charge in [0.15, 0.2) is 5.11 Å². The van der Waals surface area contributed by atoms with E-state index in [0.717, 1.165) is 16.5 Å². The number of amides is 2. The zero-order chi connectivity index (χ0) is 24.7. The van der Waals surface area contributed by atoms with Gasteiger partial charge in [0.1, 0.15) is 5.57 Å². The maximum absolute atomic E-state index is 13.4. The Morgan fingerprint density at radius 2 is 1.63 bits per heavy atom. The molecule has 1 aliphatic heterocycles. The van der Waals surface area contributed by atoms with Crippen molar-refractivity contribution in [1.29, 1.82) is 0 Å². The summed E-state index contributed by atoms with van der Waals surface area (Å²) in [6, 6.07) is 20.0. The quantitative estimate of drug-likeness (QED) is 0.183. The number of hydrogen-bond acceptors (Lipinski definition) is 3. The number of aromatic nitrogens is 1. The topological polar surface area (TPSA) is 54.3 Å². The van der Waals surface area contributed by atoms with Crippen LogP contribution in [0.4, 0.5) is 5.69 Å². The van der Waals surface area contributed by atoms with E-state index in [4.69, 9.17) is 47.0 Å². The van der Waals surface area contributed by atoms with Crippen molar-refractivity contribution < 1.29 is 9.59 Å². The fraction of sp³-hybridized carbons (Fsp3) is 0.0385. The highest BCUT2D eigenvalue weighted by Crippen LogP contribution is 2.31. The maximum atomic E-state index is 13.4. The molecule has 35 heavy (non-hydrogen) atoms. The number of thiocarbonyl (C=S) groups is 1. The lowest BCUT2D eigenvalue weighted by Crippen LogP contribution is -2.54. The molecule has 5 rings (SSSR count). The monoisotopic (exact) mass is 539 g/mol. The van der Waals surface area contributed by atoms with Crippen molar-refractivity contribution in [3.05, 3.63) is 105 Å². The molecule has 2 amide bonds. The summed E-state index contributed by atoms with van der Waals surface area (Å²) in [5, 5.41) is 4.77. The number of carbonyl (C=O) groups excluding carboxylic acids is 2. The number of hydrogen-bond donors (Lipinski definition) is 1. The zero-order valence-corrected chi connectivity index (χ0v) is 21.1. The molecule has 0 bridgehead atoms. The molecule has 1 saturated heterocycles. The van der Waals surface area contributed by atoms with Crippen LogP contribution in [-0.4, -0.2) is 21.5 Å². The molecule has 0 spiro atoms. The minimum absolute atomic E-state index is 0.0210. The molecule has 174 valence electrons. The van der Waals surface area contributed by atoms with Crippen LogP contribution in [0.2, 0.25) is 15.1 Å². The van der Waals surface area contributed by atoms with Crippen molar-refractivity contribution in [1.82, 2.24) is 9.88 Å². The van der Waals surface area contributed by atoms with Gasteiger partial charge in [-0.25, -0.2) is 0 Å². The predicted octanol–water partition coefficient (Wildman–Crippen LogP) is 6.48. The number of nitrogens with one attached hydrogen (secondary N) is 1. The summed E-state index contributed by atoms with van der Waals surface area (Å²) < 4.78 is 2.03. The van der Waals surface area contributed by atoms with Gasteiger partial charge in [-0.2, -0.15) is 0 Å². The number of para-hydroxylation sites is 2. The van der Waals surface area contributed by atoms with Crippen LogP contribution < -0.4 is 10.2 Å². The first kappa shape index (κ1) is 23.6. The Kier molecular flexibility index (Phi) is 6.38. The van der Waals surface area contributed by atoms with E-state index in [9.17, 15) is 9.59 Å². The SMILES string of the molecule is O=C1NC(=S)N(c2ccccc2Cl)C(=O)/C1=C/c1cn(Cc2ccc(Cl)c(Cl)c2)c2ccccc12. The first-order valence-corrected chi connectivity index (χ1v) is 12.1. The van der Waals surface area contributed by atoms with E-state index in [1.54, 1.807) is 36.4 Å². The number of nitrogens with zero attached hydrogens (tertiary/aromatic N) is 2. The summed E-state index contributed by atoms with van der Waals surface area (Å²) in [6.45, 7) is 0.524. The molecule has 9 heteroatoms. The molecule has 5 nitrogen and oxygen atoms in total. The second-order valence-corrected chi connectivity index (χ2v) is 9.50. The Morgan fingerprint density at radius 1 is 0.886 bits per heavy atom. The van der Waals surface area contributed by atoms with E-state index < -0.39 is 11.8 Å². The van der Waals surface area contributed by atoms with Gasteiger partial charge >= 0.3 is 0 Å². The second-order valence-electron chi connectivity index (χ2n) is 7.89. The molecule has 1 fully saturated rings. The third-order valence-electron chi connectivity index (χ3n) is 5.65. The first-order valence-electron chi connectivity index (χ1n) is 10.5. The Labute approximate surface area is 221 Å². The van der Waals surface area contributed by atoms with Gasteiger partial charge in [-0.1, -0.05) is 71.2 Å². The highest BCUT2D eigenvalue weighted by molar-refractivity contribution is 7.80. The van der Waals surface area contributed by atoms with E-state index in [-0.39, 0.29) is 10.7 Å². The molecule has 0 aliphatic carbocycles. The lowest BCUT2D eigenvalue weighted by molar-refractivity contribution is -0.122.